The Bertz CT molecular complexity index is 1000. The Kier molecular flexibility index (Phi) is 5.03. The van der Waals surface area contributed by atoms with Gasteiger partial charge in [0.15, 0.2) is 5.13 Å². The molecule has 9 heteroatoms. The Hall–Kier alpha value is -2.52. The second kappa shape index (κ2) is 7.48. The third kappa shape index (κ3) is 3.24. The number of carbonyl (C=O) groups excluding carboxylic acids is 1. The lowest BCUT2D eigenvalue weighted by molar-refractivity contribution is 0.0940. The number of fused-ring (bicyclic) bond motifs is 3. The zero-order valence-electron chi connectivity index (χ0n) is 16.4. The van der Waals surface area contributed by atoms with Gasteiger partial charge in [-0.15, -0.1) is 11.3 Å². The van der Waals surface area contributed by atoms with Gasteiger partial charge >= 0.3 is 0 Å². The summed E-state index contributed by atoms with van der Waals surface area (Å²) in [6.45, 7) is 4.81. The van der Waals surface area contributed by atoms with E-state index >= 15 is 0 Å². The quantitative estimate of drug-likeness (QED) is 0.631. The fraction of sp³-hybridized carbons (Fsp3) is 0.474. The fourth-order valence-corrected chi connectivity index (χ4v) is 4.38. The average Bonchev–Trinajstić information content (AvgIpc) is 3.39. The molecule has 0 spiro atoms. The van der Waals surface area contributed by atoms with E-state index in [4.69, 9.17) is 14.2 Å². The maximum atomic E-state index is 13.1. The largest absolute Gasteiger partial charge is 0.383 e. The summed E-state index contributed by atoms with van der Waals surface area (Å²) in [6.07, 6.45) is 3.67. The number of anilines is 1. The molecule has 0 bridgehead atoms. The van der Waals surface area contributed by atoms with Gasteiger partial charge in [0.25, 0.3) is 5.91 Å². The summed E-state index contributed by atoms with van der Waals surface area (Å²) in [6, 6.07) is 1.71. The van der Waals surface area contributed by atoms with E-state index in [2.05, 4.69) is 10.3 Å². The van der Waals surface area contributed by atoms with Crippen molar-refractivity contribution in [1.29, 1.82) is 0 Å². The molecule has 28 heavy (non-hydrogen) atoms. The van der Waals surface area contributed by atoms with Crippen LogP contribution >= 0.6 is 11.3 Å². The fourth-order valence-electron chi connectivity index (χ4n) is 3.29. The van der Waals surface area contributed by atoms with Crippen LogP contribution in [0.2, 0.25) is 0 Å². The van der Waals surface area contributed by atoms with Gasteiger partial charge in [-0.2, -0.15) is 5.10 Å². The zero-order valence-corrected chi connectivity index (χ0v) is 17.2. The molecule has 0 aliphatic heterocycles. The molecule has 0 fully saturated rings. The summed E-state index contributed by atoms with van der Waals surface area (Å²) in [4.78, 5) is 20.7. The molecule has 0 aromatic carbocycles. The third-order valence-corrected chi connectivity index (χ3v) is 6.06. The number of hydrogen-bond donors (Lipinski definition) is 0. The Morgan fingerprint density at radius 3 is 2.96 bits per heavy atom. The second-order valence-corrected chi connectivity index (χ2v) is 8.18. The molecule has 0 radical (unpaired) electrons. The maximum absolute atomic E-state index is 13.1. The Labute approximate surface area is 167 Å². The molecular formula is C19H23N5O3S. The number of carbonyl (C=O) groups is 1. The van der Waals surface area contributed by atoms with Crippen LogP contribution in [0.5, 0.6) is 0 Å². The predicted molar refractivity (Wildman–Crippen MR) is 106 cm³/mol. The molecule has 3 aromatic rings. The predicted octanol–water partition coefficient (Wildman–Crippen LogP) is 3.05. The van der Waals surface area contributed by atoms with E-state index in [-0.39, 0.29) is 17.6 Å². The van der Waals surface area contributed by atoms with Crippen molar-refractivity contribution in [2.45, 2.75) is 32.6 Å². The highest BCUT2D eigenvalue weighted by Crippen LogP contribution is 2.39. The molecule has 8 nitrogen and oxygen atoms in total. The minimum atomic E-state index is -0.256. The second-order valence-electron chi connectivity index (χ2n) is 7.12. The molecular weight excluding hydrogens is 378 g/mol. The first kappa shape index (κ1) is 18.8. The minimum Gasteiger partial charge on any atom is -0.383 e. The van der Waals surface area contributed by atoms with Crippen molar-refractivity contribution in [3.8, 4) is 11.3 Å². The third-order valence-electron chi connectivity index (χ3n) is 4.92. The Morgan fingerprint density at radius 1 is 1.43 bits per heavy atom. The van der Waals surface area contributed by atoms with Crippen LogP contribution < -0.4 is 4.90 Å². The summed E-state index contributed by atoms with van der Waals surface area (Å²) >= 11 is 1.54. The van der Waals surface area contributed by atoms with Gasteiger partial charge in [0, 0.05) is 36.4 Å². The van der Waals surface area contributed by atoms with Crippen molar-refractivity contribution in [3.05, 3.63) is 34.3 Å². The molecule has 0 saturated heterocycles. The maximum Gasteiger partial charge on any atom is 0.298 e. The summed E-state index contributed by atoms with van der Waals surface area (Å²) in [7, 11) is 3.56. The first-order valence-corrected chi connectivity index (χ1v) is 10.1. The standard InChI is InChI=1S/C19H23N5O3S/c1-11(2)13-9-15(27-22-13)18(25)24(7-8-26-4)19-21-17-12-10-20-23(3)14(12)5-6-16(17)28-19/h9-11H,5-8H2,1-4H3. The van der Waals surface area contributed by atoms with E-state index in [0.717, 1.165) is 29.8 Å². The van der Waals surface area contributed by atoms with Crippen LogP contribution in [-0.2, 0) is 24.6 Å². The van der Waals surface area contributed by atoms with Crippen molar-refractivity contribution in [1.82, 2.24) is 19.9 Å². The van der Waals surface area contributed by atoms with Crippen LogP contribution in [0, 0.1) is 0 Å². The summed E-state index contributed by atoms with van der Waals surface area (Å²) in [5.41, 5.74) is 3.90. The van der Waals surface area contributed by atoms with Crippen molar-refractivity contribution >= 4 is 22.4 Å². The van der Waals surface area contributed by atoms with Crippen LogP contribution in [0.3, 0.4) is 0 Å². The molecule has 4 rings (SSSR count). The van der Waals surface area contributed by atoms with Crippen molar-refractivity contribution in [3.63, 3.8) is 0 Å². The Morgan fingerprint density at radius 2 is 2.25 bits per heavy atom. The van der Waals surface area contributed by atoms with Gasteiger partial charge in [-0.1, -0.05) is 19.0 Å². The highest BCUT2D eigenvalue weighted by atomic mass is 32.1. The van der Waals surface area contributed by atoms with Gasteiger partial charge < -0.3 is 9.26 Å². The highest BCUT2D eigenvalue weighted by Gasteiger charge is 2.29. The topological polar surface area (TPSA) is 86.3 Å². The molecule has 1 aliphatic carbocycles. The molecule has 0 saturated carbocycles. The first-order valence-electron chi connectivity index (χ1n) is 9.28. The summed E-state index contributed by atoms with van der Waals surface area (Å²) in [5, 5.41) is 9.01. The summed E-state index contributed by atoms with van der Waals surface area (Å²) < 4.78 is 12.4. The van der Waals surface area contributed by atoms with Crippen molar-refractivity contribution < 1.29 is 14.1 Å². The molecule has 1 amide bonds. The SMILES string of the molecule is COCCN(C(=O)c1cc(C(C)C)no1)c1nc2c(s1)CCc1c-2cnn1C. The number of methoxy groups -OCH3 is 1. The number of aromatic nitrogens is 4. The molecule has 148 valence electrons. The smallest absolute Gasteiger partial charge is 0.298 e. The van der Waals surface area contributed by atoms with Crippen molar-refractivity contribution in [2.75, 3.05) is 25.2 Å². The van der Waals surface area contributed by atoms with Gasteiger partial charge in [0.2, 0.25) is 5.76 Å². The average molecular weight is 401 g/mol. The molecule has 0 atom stereocenters. The van der Waals surface area contributed by atoms with E-state index < -0.39 is 0 Å². The van der Waals surface area contributed by atoms with Crippen LogP contribution in [-0.4, -0.2) is 46.1 Å². The highest BCUT2D eigenvalue weighted by molar-refractivity contribution is 7.16. The number of aryl methyl sites for hydroxylation is 2. The zero-order chi connectivity index (χ0) is 19.8. The van der Waals surface area contributed by atoms with E-state index in [1.165, 1.54) is 10.6 Å². The Balaban J connectivity index is 1.69. The molecule has 0 N–H and O–H groups in total. The number of thiazole rings is 1. The van der Waals surface area contributed by atoms with Gasteiger partial charge in [-0.3, -0.25) is 14.4 Å². The molecule has 3 aromatic heterocycles. The van der Waals surface area contributed by atoms with Crippen LogP contribution in [0.15, 0.2) is 16.8 Å². The number of hydrogen-bond acceptors (Lipinski definition) is 7. The lowest BCUT2D eigenvalue weighted by atomic mass is 10.0. The lowest BCUT2D eigenvalue weighted by Crippen LogP contribution is -2.33. The van der Waals surface area contributed by atoms with Crippen molar-refractivity contribution in [2.24, 2.45) is 7.05 Å². The number of rotatable bonds is 6. The minimum absolute atomic E-state index is 0.189. The van der Waals surface area contributed by atoms with Crippen LogP contribution in [0.1, 0.15) is 46.6 Å². The normalized spacial score (nSPS) is 12.9. The number of ether oxygens (including phenoxy) is 1. The van der Waals surface area contributed by atoms with E-state index in [1.54, 1.807) is 29.4 Å². The number of nitrogens with zero attached hydrogens (tertiary/aromatic N) is 5. The van der Waals surface area contributed by atoms with Crippen LogP contribution in [0.4, 0.5) is 5.13 Å². The first-order chi connectivity index (χ1) is 13.5. The van der Waals surface area contributed by atoms with Gasteiger partial charge in [0.1, 0.15) is 0 Å². The van der Waals surface area contributed by atoms with Gasteiger partial charge in [0.05, 0.1) is 30.7 Å². The van der Waals surface area contributed by atoms with Gasteiger partial charge in [-0.05, 0) is 18.8 Å². The van der Waals surface area contributed by atoms with Gasteiger partial charge in [-0.25, -0.2) is 4.98 Å². The van der Waals surface area contributed by atoms with E-state index in [1.807, 2.05) is 31.8 Å². The monoisotopic (exact) mass is 401 g/mol. The van der Waals surface area contributed by atoms with E-state index in [9.17, 15) is 4.79 Å². The molecule has 3 heterocycles. The lowest BCUT2D eigenvalue weighted by Gasteiger charge is -2.17. The summed E-state index contributed by atoms with van der Waals surface area (Å²) in [5.74, 6) is 0.151. The molecule has 0 unspecified atom stereocenters. The number of amides is 1. The van der Waals surface area contributed by atoms with E-state index in [0.29, 0.717) is 18.3 Å². The van der Waals surface area contributed by atoms with Crippen LogP contribution in [0.25, 0.3) is 11.3 Å². The molecule has 1 aliphatic rings.